The first-order chi connectivity index (χ1) is 11.6. The van der Waals surface area contributed by atoms with Crippen molar-refractivity contribution in [1.29, 1.82) is 0 Å². The summed E-state index contributed by atoms with van der Waals surface area (Å²) in [4.78, 5) is 14.1. The maximum absolute atomic E-state index is 12.2. The lowest BCUT2D eigenvalue weighted by molar-refractivity contribution is 0.108. The summed E-state index contributed by atoms with van der Waals surface area (Å²) in [7, 11) is 0. The highest BCUT2D eigenvalue weighted by Gasteiger charge is 2.14. The van der Waals surface area contributed by atoms with Gasteiger partial charge in [0.1, 0.15) is 6.61 Å². The van der Waals surface area contributed by atoms with Crippen LogP contribution < -0.4 is 0 Å². The third-order valence-electron chi connectivity index (χ3n) is 4.26. The highest BCUT2D eigenvalue weighted by atomic mass is 16.6. The molecule has 3 heteroatoms. The normalized spacial score (nSPS) is 10.6. The number of ether oxygens (including phenoxy) is 1. The SMILES string of the molecule is C=C(C)COC(=O)N(CCCCCCCC)CCCCCCCC. The molecule has 0 bridgehead atoms. The molecule has 0 heterocycles. The van der Waals surface area contributed by atoms with Crippen molar-refractivity contribution < 1.29 is 9.53 Å². The number of carbonyl (C=O) groups is 1. The average molecular weight is 340 g/mol. The molecule has 142 valence electrons. The summed E-state index contributed by atoms with van der Waals surface area (Å²) in [5, 5.41) is 0. The van der Waals surface area contributed by atoms with Gasteiger partial charge in [0.2, 0.25) is 0 Å². The van der Waals surface area contributed by atoms with Crippen LogP contribution in [0.5, 0.6) is 0 Å². The standard InChI is InChI=1S/C21H41NO2/c1-5-7-9-11-13-15-17-22(21(23)24-19-20(3)4)18-16-14-12-10-8-6-2/h3,5-19H2,1-2,4H3. The highest BCUT2D eigenvalue weighted by molar-refractivity contribution is 5.67. The number of nitrogens with zero attached hydrogens (tertiary/aromatic N) is 1. The first kappa shape index (κ1) is 23.0. The molecule has 0 aliphatic heterocycles. The Kier molecular flexibility index (Phi) is 16.2. The summed E-state index contributed by atoms with van der Waals surface area (Å²) in [6, 6.07) is 0. The molecule has 3 nitrogen and oxygen atoms in total. The van der Waals surface area contributed by atoms with Crippen molar-refractivity contribution in [2.45, 2.75) is 97.8 Å². The number of rotatable bonds is 16. The minimum absolute atomic E-state index is 0.167. The number of hydrogen-bond donors (Lipinski definition) is 0. The van der Waals surface area contributed by atoms with Gasteiger partial charge in [-0.15, -0.1) is 0 Å². The quantitative estimate of drug-likeness (QED) is 0.231. The molecular formula is C21H41NO2. The van der Waals surface area contributed by atoms with Crippen LogP contribution in [0.15, 0.2) is 12.2 Å². The average Bonchev–Trinajstić information content (AvgIpc) is 2.56. The summed E-state index contributed by atoms with van der Waals surface area (Å²) >= 11 is 0. The van der Waals surface area contributed by atoms with Gasteiger partial charge in [-0.25, -0.2) is 4.79 Å². The Hall–Kier alpha value is -0.990. The molecule has 0 unspecified atom stereocenters. The van der Waals surface area contributed by atoms with Crippen molar-refractivity contribution >= 4 is 6.09 Å². The second-order valence-electron chi connectivity index (χ2n) is 7.03. The van der Waals surface area contributed by atoms with Crippen LogP contribution >= 0.6 is 0 Å². The van der Waals surface area contributed by atoms with E-state index in [1.807, 2.05) is 11.8 Å². The van der Waals surface area contributed by atoms with Crippen molar-refractivity contribution in [2.75, 3.05) is 19.7 Å². The molecule has 0 aliphatic rings. The minimum atomic E-state index is -0.167. The number of carbonyl (C=O) groups excluding carboxylic acids is 1. The Balaban J connectivity index is 4.03. The summed E-state index contributed by atoms with van der Waals surface area (Å²) in [6.07, 6.45) is 14.8. The van der Waals surface area contributed by atoms with Gasteiger partial charge in [-0.2, -0.15) is 0 Å². The number of hydrogen-bond acceptors (Lipinski definition) is 2. The van der Waals surface area contributed by atoms with Gasteiger partial charge in [-0.3, -0.25) is 0 Å². The monoisotopic (exact) mass is 339 g/mol. The van der Waals surface area contributed by atoms with Crippen molar-refractivity contribution in [2.24, 2.45) is 0 Å². The zero-order chi connectivity index (χ0) is 18.0. The summed E-state index contributed by atoms with van der Waals surface area (Å²) in [5.41, 5.74) is 0.891. The third kappa shape index (κ3) is 14.6. The molecule has 0 N–H and O–H groups in total. The van der Waals surface area contributed by atoms with Gasteiger partial charge in [0.05, 0.1) is 0 Å². The van der Waals surface area contributed by atoms with Crippen molar-refractivity contribution in [3.8, 4) is 0 Å². The van der Waals surface area contributed by atoms with Gasteiger partial charge in [0.15, 0.2) is 0 Å². The van der Waals surface area contributed by atoms with Gasteiger partial charge in [-0.1, -0.05) is 84.6 Å². The molecule has 0 fully saturated rings. The van der Waals surface area contributed by atoms with E-state index in [1.165, 1.54) is 64.2 Å². The molecular weight excluding hydrogens is 298 g/mol. The summed E-state index contributed by atoms with van der Waals surface area (Å²) < 4.78 is 5.34. The van der Waals surface area contributed by atoms with E-state index >= 15 is 0 Å². The van der Waals surface area contributed by atoms with E-state index in [2.05, 4.69) is 20.4 Å². The van der Waals surface area contributed by atoms with E-state index in [0.717, 1.165) is 31.5 Å². The lowest BCUT2D eigenvalue weighted by atomic mass is 10.1. The molecule has 0 aliphatic carbocycles. The molecule has 0 rings (SSSR count). The van der Waals surface area contributed by atoms with E-state index in [9.17, 15) is 4.79 Å². The minimum Gasteiger partial charge on any atom is -0.445 e. The van der Waals surface area contributed by atoms with Crippen molar-refractivity contribution in [1.82, 2.24) is 4.90 Å². The van der Waals surface area contributed by atoms with Crippen LogP contribution in [0.4, 0.5) is 4.79 Å². The van der Waals surface area contributed by atoms with Crippen LogP contribution in [0.2, 0.25) is 0 Å². The first-order valence-corrected chi connectivity index (χ1v) is 10.2. The summed E-state index contributed by atoms with van der Waals surface area (Å²) in [5.74, 6) is 0. The van der Waals surface area contributed by atoms with Gasteiger partial charge < -0.3 is 9.64 Å². The molecule has 0 aromatic rings. The molecule has 0 saturated carbocycles. The Labute approximate surface area is 150 Å². The molecule has 1 amide bonds. The fourth-order valence-corrected chi connectivity index (χ4v) is 2.74. The van der Waals surface area contributed by atoms with Gasteiger partial charge in [0.25, 0.3) is 0 Å². The second-order valence-corrected chi connectivity index (χ2v) is 7.03. The van der Waals surface area contributed by atoms with E-state index in [0.29, 0.717) is 6.61 Å². The third-order valence-corrected chi connectivity index (χ3v) is 4.26. The van der Waals surface area contributed by atoms with Crippen LogP contribution in [0.25, 0.3) is 0 Å². The van der Waals surface area contributed by atoms with E-state index in [4.69, 9.17) is 4.74 Å². The molecule has 0 saturated heterocycles. The maximum Gasteiger partial charge on any atom is 0.410 e. The fraction of sp³-hybridized carbons (Fsp3) is 0.857. The zero-order valence-corrected chi connectivity index (χ0v) is 16.6. The van der Waals surface area contributed by atoms with E-state index in [-0.39, 0.29) is 6.09 Å². The predicted molar refractivity (Wildman–Crippen MR) is 104 cm³/mol. The van der Waals surface area contributed by atoms with E-state index < -0.39 is 0 Å². The lowest BCUT2D eigenvalue weighted by Crippen LogP contribution is -2.33. The second kappa shape index (κ2) is 16.9. The smallest absolute Gasteiger partial charge is 0.410 e. The van der Waals surface area contributed by atoms with Gasteiger partial charge in [0, 0.05) is 13.1 Å². The lowest BCUT2D eigenvalue weighted by Gasteiger charge is -2.22. The Bertz CT molecular complexity index is 299. The molecule has 0 atom stereocenters. The predicted octanol–water partition coefficient (Wildman–Crippen LogP) is 6.72. The Morgan fingerprint density at radius 1 is 0.792 bits per heavy atom. The molecule has 0 aromatic heterocycles. The molecule has 0 radical (unpaired) electrons. The van der Waals surface area contributed by atoms with E-state index in [1.54, 1.807) is 0 Å². The molecule has 24 heavy (non-hydrogen) atoms. The van der Waals surface area contributed by atoms with Crippen LogP contribution in [-0.4, -0.2) is 30.7 Å². The number of amides is 1. The van der Waals surface area contributed by atoms with Crippen LogP contribution in [0, 0.1) is 0 Å². The van der Waals surface area contributed by atoms with Crippen molar-refractivity contribution in [3.05, 3.63) is 12.2 Å². The Morgan fingerprint density at radius 3 is 1.62 bits per heavy atom. The maximum atomic E-state index is 12.2. The Morgan fingerprint density at radius 2 is 1.21 bits per heavy atom. The number of unbranched alkanes of at least 4 members (excludes halogenated alkanes) is 10. The largest absolute Gasteiger partial charge is 0.445 e. The fourth-order valence-electron chi connectivity index (χ4n) is 2.74. The molecule has 0 aromatic carbocycles. The van der Waals surface area contributed by atoms with Crippen LogP contribution in [-0.2, 0) is 4.74 Å². The topological polar surface area (TPSA) is 29.5 Å². The summed E-state index contributed by atoms with van der Waals surface area (Å²) in [6.45, 7) is 12.2. The first-order valence-electron chi connectivity index (χ1n) is 10.2. The zero-order valence-electron chi connectivity index (χ0n) is 16.6. The van der Waals surface area contributed by atoms with Gasteiger partial charge in [-0.05, 0) is 25.3 Å². The van der Waals surface area contributed by atoms with Crippen LogP contribution in [0.3, 0.4) is 0 Å². The van der Waals surface area contributed by atoms with Crippen molar-refractivity contribution in [3.63, 3.8) is 0 Å². The van der Waals surface area contributed by atoms with Crippen LogP contribution in [0.1, 0.15) is 97.8 Å². The molecule has 0 spiro atoms. The highest BCUT2D eigenvalue weighted by Crippen LogP contribution is 2.10. The van der Waals surface area contributed by atoms with Gasteiger partial charge >= 0.3 is 6.09 Å².